The van der Waals surface area contributed by atoms with E-state index >= 15 is 0 Å². The molecule has 0 aliphatic carbocycles. The van der Waals surface area contributed by atoms with E-state index in [-0.39, 0.29) is 18.0 Å². The fourth-order valence-corrected chi connectivity index (χ4v) is 2.29. The monoisotopic (exact) mass is 294 g/mol. The summed E-state index contributed by atoms with van der Waals surface area (Å²) in [7, 11) is 0. The maximum Gasteiger partial charge on any atom is 0.342 e. The molecule has 0 atom stereocenters. The van der Waals surface area contributed by atoms with Gasteiger partial charge in [-0.3, -0.25) is 4.79 Å². The fraction of sp³-hybridized carbons (Fsp3) is 0.158. The molecular weight excluding hydrogens is 276 g/mol. The molecule has 3 nitrogen and oxygen atoms in total. The third kappa shape index (κ3) is 3.50. The first-order chi connectivity index (χ1) is 10.6. The molecule has 2 aromatic rings. The Bertz CT molecular complexity index is 644. The molecular formula is C19H18O3. The van der Waals surface area contributed by atoms with Crippen LogP contribution in [0.15, 0.2) is 66.2 Å². The highest BCUT2D eigenvalue weighted by molar-refractivity contribution is 6.23. The third-order valence-electron chi connectivity index (χ3n) is 3.21. The first-order valence-electron chi connectivity index (χ1n) is 7.18. The Balaban J connectivity index is 2.72. The van der Waals surface area contributed by atoms with Crippen molar-refractivity contribution in [3.8, 4) is 0 Å². The molecule has 112 valence electrons. The summed E-state index contributed by atoms with van der Waals surface area (Å²) in [6.45, 7) is 3.34. The molecule has 0 N–H and O–H groups in total. The van der Waals surface area contributed by atoms with Crippen LogP contribution in [0.1, 0.15) is 25.0 Å². The number of carbonyl (C=O) groups is 2. The Labute approximate surface area is 130 Å². The van der Waals surface area contributed by atoms with Gasteiger partial charge in [0.05, 0.1) is 6.61 Å². The van der Waals surface area contributed by atoms with Crippen molar-refractivity contribution in [2.75, 3.05) is 6.61 Å². The number of hydrogen-bond acceptors (Lipinski definition) is 3. The van der Waals surface area contributed by atoms with Gasteiger partial charge in [-0.15, -0.1) is 0 Å². The lowest BCUT2D eigenvalue weighted by atomic mass is 9.91. The summed E-state index contributed by atoms with van der Waals surface area (Å²) in [4.78, 5) is 24.4. The normalized spacial score (nSPS) is 9.91. The van der Waals surface area contributed by atoms with E-state index in [1.54, 1.807) is 6.92 Å². The number of esters is 1. The zero-order chi connectivity index (χ0) is 15.9. The Morgan fingerprint density at radius 1 is 0.864 bits per heavy atom. The van der Waals surface area contributed by atoms with Gasteiger partial charge < -0.3 is 4.74 Å². The number of carbonyl (C=O) groups excluding carboxylic acids is 2. The van der Waals surface area contributed by atoms with Crippen molar-refractivity contribution in [3.63, 3.8) is 0 Å². The van der Waals surface area contributed by atoms with E-state index in [0.717, 1.165) is 11.1 Å². The van der Waals surface area contributed by atoms with Crippen molar-refractivity contribution in [1.82, 2.24) is 0 Å². The molecule has 0 heterocycles. The second kappa shape index (κ2) is 7.36. The molecule has 0 radical (unpaired) electrons. The summed E-state index contributed by atoms with van der Waals surface area (Å²) in [5.41, 5.74) is 2.31. The Morgan fingerprint density at radius 3 is 1.68 bits per heavy atom. The molecule has 0 aromatic heterocycles. The summed E-state index contributed by atoms with van der Waals surface area (Å²) in [5, 5.41) is 0. The molecule has 2 aromatic carbocycles. The number of benzene rings is 2. The lowest BCUT2D eigenvalue weighted by molar-refractivity contribution is -0.139. The summed E-state index contributed by atoms with van der Waals surface area (Å²) in [6.07, 6.45) is 0. The van der Waals surface area contributed by atoms with Crippen molar-refractivity contribution >= 4 is 17.3 Å². The molecule has 0 saturated heterocycles. The molecule has 2 rings (SSSR count). The van der Waals surface area contributed by atoms with Crippen LogP contribution in [0.5, 0.6) is 0 Å². The number of Topliss-reactive ketones (excluding diaryl/α,β-unsaturated/α-hetero) is 1. The SMILES string of the molecule is CCOC(=O)C(C(C)=O)=C(c1ccccc1)c1ccccc1. The van der Waals surface area contributed by atoms with E-state index in [1.165, 1.54) is 6.92 Å². The van der Waals surface area contributed by atoms with Crippen LogP contribution >= 0.6 is 0 Å². The second-order valence-corrected chi connectivity index (χ2v) is 4.76. The minimum absolute atomic E-state index is 0.0826. The lowest BCUT2D eigenvalue weighted by Crippen LogP contribution is -2.16. The van der Waals surface area contributed by atoms with Crippen molar-refractivity contribution < 1.29 is 14.3 Å². The Kier molecular flexibility index (Phi) is 5.26. The van der Waals surface area contributed by atoms with E-state index in [9.17, 15) is 9.59 Å². The van der Waals surface area contributed by atoms with Gasteiger partial charge >= 0.3 is 5.97 Å². The zero-order valence-corrected chi connectivity index (χ0v) is 12.7. The van der Waals surface area contributed by atoms with Crippen LogP contribution in [0.4, 0.5) is 0 Å². The molecule has 0 aliphatic rings. The van der Waals surface area contributed by atoms with Gasteiger partial charge in [-0.2, -0.15) is 0 Å². The summed E-state index contributed by atoms with van der Waals surface area (Å²) < 4.78 is 5.07. The maximum absolute atomic E-state index is 12.3. The average molecular weight is 294 g/mol. The molecule has 0 spiro atoms. The lowest BCUT2D eigenvalue weighted by Gasteiger charge is -2.13. The predicted molar refractivity (Wildman–Crippen MR) is 86.2 cm³/mol. The molecule has 0 aliphatic heterocycles. The van der Waals surface area contributed by atoms with Gasteiger partial charge in [-0.1, -0.05) is 60.7 Å². The van der Waals surface area contributed by atoms with Crippen LogP contribution in [0.2, 0.25) is 0 Å². The molecule has 0 amide bonds. The van der Waals surface area contributed by atoms with Crippen molar-refractivity contribution in [2.45, 2.75) is 13.8 Å². The van der Waals surface area contributed by atoms with Crippen LogP contribution in [0.25, 0.3) is 5.57 Å². The molecule has 3 heteroatoms. The third-order valence-corrected chi connectivity index (χ3v) is 3.21. The van der Waals surface area contributed by atoms with E-state index in [4.69, 9.17) is 4.74 Å². The largest absolute Gasteiger partial charge is 0.462 e. The smallest absolute Gasteiger partial charge is 0.342 e. The van der Waals surface area contributed by atoms with Gasteiger partial charge in [-0.25, -0.2) is 4.79 Å². The topological polar surface area (TPSA) is 43.4 Å². The second-order valence-electron chi connectivity index (χ2n) is 4.76. The van der Waals surface area contributed by atoms with E-state index in [0.29, 0.717) is 5.57 Å². The van der Waals surface area contributed by atoms with Crippen molar-refractivity contribution in [3.05, 3.63) is 77.4 Å². The fourth-order valence-electron chi connectivity index (χ4n) is 2.29. The van der Waals surface area contributed by atoms with Crippen LogP contribution in [-0.2, 0) is 14.3 Å². The van der Waals surface area contributed by atoms with Gasteiger partial charge in [0.25, 0.3) is 0 Å². The number of ether oxygens (including phenoxy) is 1. The molecule has 22 heavy (non-hydrogen) atoms. The highest BCUT2D eigenvalue weighted by atomic mass is 16.5. The van der Waals surface area contributed by atoms with Crippen molar-refractivity contribution in [2.24, 2.45) is 0 Å². The number of rotatable bonds is 5. The Hall–Kier alpha value is -2.68. The van der Waals surface area contributed by atoms with Gasteiger partial charge in [-0.05, 0) is 25.0 Å². The maximum atomic E-state index is 12.3. The minimum atomic E-state index is -0.585. The van der Waals surface area contributed by atoms with Crippen LogP contribution < -0.4 is 0 Å². The van der Waals surface area contributed by atoms with Gasteiger partial charge in [0.2, 0.25) is 0 Å². The minimum Gasteiger partial charge on any atom is -0.462 e. The molecule has 0 fully saturated rings. The number of ketones is 1. The summed E-state index contributed by atoms with van der Waals surface area (Å²) >= 11 is 0. The molecule has 0 bridgehead atoms. The zero-order valence-electron chi connectivity index (χ0n) is 12.7. The van der Waals surface area contributed by atoms with Crippen LogP contribution in [0, 0.1) is 0 Å². The molecule has 0 unspecified atom stereocenters. The highest BCUT2D eigenvalue weighted by Crippen LogP contribution is 2.28. The quantitative estimate of drug-likeness (QED) is 0.366. The van der Waals surface area contributed by atoms with Crippen molar-refractivity contribution in [1.29, 1.82) is 0 Å². The van der Waals surface area contributed by atoms with Crippen LogP contribution in [0.3, 0.4) is 0 Å². The standard InChI is InChI=1S/C19H18O3/c1-3-22-19(21)17(14(2)20)18(15-10-6-4-7-11-15)16-12-8-5-9-13-16/h4-13H,3H2,1-2H3. The van der Waals surface area contributed by atoms with Gasteiger partial charge in [0.1, 0.15) is 5.57 Å². The van der Waals surface area contributed by atoms with E-state index < -0.39 is 5.97 Å². The summed E-state index contributed by atoms with van der Waals surface area (Å²) in [6, 6.07) is 18.8. The first kappa shape index (κ1) is 15.7. The van der Waals surface area contributed by atoms with Gasteiger partial charge in [0, 0.05) is 5.57 Å². The first-order valence-corrected chi connectivity index (χ1v) is 7.18. The van der Waals surface area contributed by atoms with Gasteiger partial charge in [0.15, 0.2) is 5.78 Å². The molecule has 0 saturated carbocycles. The highest BCUT2D eigenvalue weighted by Gasteiger charge is 2.23. The predicted octanol–water partition coefficient (Wildman–Crippen LogP) is 3.64. The van der Waals surface area contributed by atoms with Crippen LogP contribution in [-0.4, -0.2) is 18.4 Å². The number of hydrogen-bond donors (Lipinski definition) is 0. The van der Waals surface area contributed by atoms with E-state index in [1.807, 2.05) is 60.7 Å². The Morgan fingerprint density at radius 2 is 1.32 bits per heavy atom. The average Bonchev–Trinajstić information content (AvgIpc) is 2.54. The van der Waals surface area contributed by atoms with E-state index in [2.05, 4.69) is 0 Å². The summed E-state index contributed by atoms with van der Waals surface area (Å²) in [5.74, 6) is -0.890.